The zero-order chi connectivity index (χ0) is 12.6. The molecule has 2 nitrogen and oxygen atoms in total. The Labute approximate surface area is 100 Å². The van der Waals surface area contributed by atoms with Gasteiger partial charge in [0.2, 0.25) is 0 Å². The molecule has 0 radical (unpaired) electrons. The first-order chi connectivity index (χ1) is 7.99. The van der Waals surface area contributed by atoms with Crippen molar-refractivity contribution < 1.29 is 8.81 Å². The molecule has 0 aliphatic carbocycles. The van der Waals surface area contributed by atoms with Gasteiger partial charge in [-0.25, -0.2) is 4.39 Å². The number of hydrogen-bond acceptors (Lipinski definition) is 2. The number of rotatable bonds is 2. The molecule has 1 heterocycles. The van der Waals surface area contributed by atoms with Crippen LogP contribution in [0.1, 0.15) is 34.3 Å². The van der Waals surface area contributed by atoms with Crippen LogP contribution in [0.2, 0.25) is 0 Å². The molecular weight excluding hydrogens is 217 g/mol. The number of hydrogen-bond donors (Lipinski definition) is 1. The second-order valence-electron chi connectivity index (χ2n) is 4.37. The molecule has 0 spiro atoms. The highest BCUT2D eigenvalue weighted by atomic mass is 19.1. The van der Waals surface area contributed by atoms with Gasteiger partial charge in [-0.2, -0.15) is 0 Å². The summed E-state index contributed by atoms with van der Waals surface area (Å²) in [6.45, 7) is 5.55. The maximum Gasteiger partial charge on any atom is 0.128 e. The summed E-state index contributed by atoms with van der Waals surface area (Å²) in [6.07, 6.45) is 0. The van der Waals surface area contributed by atoms with Crippen LogP contribution in [0, 0.1) is 26.6 Å². The summed E-state index contributed by atoms with van der Waals surface area (Å²) < 4.78 is 19.2. The number of halogens is 1. The quantitative estimate of drug-likeness (QED) is 0.863. The lowest BCUT2D eigenvalue weighted by Gasteiger charge is -2.12. The third kappa shape index (κ3) is 2.24. The Balaban J connectivity index is 2.43. The molecule has 1 aromatic carbocycles. The van der Waals surface area contributed by atoms with Gasteiger partial charge in [0.15, 0.2) is 0 Å². The number of furan rings is 1. The van der Waals surface area contributed by atoms with Gasteiger partial charge in [-0.05, 0) is 38.5 Å². The lowest BCUT2D eigenvalue weighted by Crippen LogP contribution is -2.14. The average molecular weight is 233 g/mol. The van der Waals surface area contributed by atoms with E-state index in [9.17, 15) is 4.39 Å². The van der Waals surface area contributed by atoms with Crippen LogP contribution in [0.3, 0.4) is 0 Å². The van der Waals surface area contributed by atoms with Gasteiger partial charge < -0.3 is 10.2 Å². The van der Waals surface area contributed by atoms with Crippen molar-refractivity contribution in [1.29, 1.82) is 0 Å². The van der Waals surface area contributed by atoms with Gasteiger partial charge in [0.05, 0.1) is 6.04 Å². The maximum atomic E-state index is 13.8. The normalized spacial score (nSPS) is 12.8. The van der Waals surface area contributed by atoms with Crippen LogP contribution >= 0.6 is 0 Å². The number of aryl methyl sites for hydroxylation is 3. The lowest BCUT2D eigenvalue weighted by atomic mass is 9.98. The van der Waals surface area contributed by atoms with E-state index >= 15 is 0 Å². The molecule has 0 bridgehead atoms. The second kappa shape index (κ2) is 4.34. The van der Waals surface area contributed by atoms with Crippen LogP contribution in [0.5, 0.6) is 0 Å². The van der Waals surface area contributed by atoms with E-state index in [0.29, 0.717) is 5.56 Å². The third-order valence-corrected chi connectivity index (χ3v) is 2.91. The van der Waals surface area contributed by atoms with Gasteiger partial charge in [0, 0.05) is 11.1 Å². The van der Waals surface area contributed by atoms with Crippen LogP contribution < -0.4 is 5.73 Å². The molecule has 0 saturated heterocycles. The standard InChI is InChI=1S/C14H16FNO/c1-8-4-5-11(13(15)6-8)14(16)12-7-9(2)17-10(12)3/h4-7,14H,16H2,1-3H3. The molecule has 2 N–H and O–H groups in total. The predicted octanol–water partition coefficient (Wildman–Crippen LogP) is 3.39. The Kier molecular flexibility index (Phi) is 3.03. The molecule has 1 aromatic heterocycles. The van der Waals surface area contributed by atoms with Crippen LogP contribution in [-0.2, 0) is 0 Å². The van der Waals surface area contributed by atoms with E-state index in [0.717, 1.165) is 22.6 Å². The molecule has 0 fully saturated rings. The number of benzene rings is 1. The second-order valence-corrected chi connectivity index (χ2v) is 4.37. The van der Waals surface area contributed by atoms with Crippen LogP contribution in [0.4, 0.5) is 4.39 Å². The van der Waals surface area contributed by atoms with Crippen molar-refractivity contribution in [3.8, 4) is 0 Å². The minimum absolute atomic E-state index is 0.268. The van der Waals surface area contributed by atoms with E-state index < -0.39 is 6.04 Å². The molecule has 2 aromatic rings. The Morgan fingerprint density at radius 2 is 1.82 bits per heavy atom. The van der Waals surface area contributed by atoms with Gasteiger partial charge in [0.25, 0.3) is 0 Å². The monoisotopic (exact) mass is 233 g/mol. The lowest BCUT2D eigenvalue weighted by molar-refractivity contribution is 0.499. The van der Waals surface area contributed by atoms with Crippen molar-refractivity contribution in [2.45, 2.75) is 26.8 Å². The van der Waals surface area contributed by atoms with Crippen LogP contribution in [-0.4, -0.2) is 0 Å². The van der Waals surface area contributed by atoms with Crippen LogP contribution in [0.25, 0.3) is 0 Å². The highest BCUT2D eigenvalue weighted by Crippen LogP contribution is 2.27. The number of nitrogens with two attached hydrogens (primary N) is 1. The molecule has 90 valence electrons. The van der Waals surface area contributed by atoms with Gasteiger partial charge >= 0.3 is 0 Å². The van der Waals surface area contributed by atoms with Crippen molar-refractivity contribution in [2.24, 2.45) is 5.73 Å². The molecule has 2 rings (SSSR count). The van der Waals surface area contributed by atoms with E-state index in [1.165, 1.54) is 6.07 Å². The summed E-state index contributed by atoms with van der Waals surface area (Å²) in [4.78, 5) is 0. The van der Waals surface area contributed by atoms with Crippen molar-refractivity contribution in [3.05, 3.63) is 58.3 Å². The van der Waals surface area contributed by atoms with E-state index in [4.69, 9.17) is 10.2 Å². The fourth-order valence-electron chi connectivity index (χ4n) is 2.01. The van der Waals surface area contributed by atoms with Crippen LogP contribution in [0.15, 0.2) is 28.7 Å². The van der Waals surface area contributed by atoms with E-state index in [1.807, 2.05) is 32.9 Å². The topological polar surface area (TPSA) is 39.2 Å². The summed E-state index contributed by atoms with van der Waals surface area (Å²) in [6, 6.07) is 6.47. The van der Waals surface area contributed by atoms with E-state index in [2.05, 4.69) is 0 Å². The van der Waals surface area contributed by atoms with Crippen molar-refractivity contribution in [2.75, 3.05) is 0 Å². The molecule has 0 saturated carbocycles. The van der Waals surface area contributed by atoms with Crippen molar-refractivity contribution in [3.63, 3.8) is 0 Å². The fraction of sp³-hybridized carbons (Fsp3) is 0.286. The summed E-state index contributed by atoms with van der Waals surface area (Å²) in [7, 11) is 0. The first-order valence-electron chi connectivity index (χ1n) is 5.57. The molecule has 1 unspecified atom stereocenters. The summed E-state index contributed by atoms with van der Waals surface area (Å²) >= 11 is 0. The summed E-state index contributed by atoms with van der Waals surface area (Å²) in [5.74, 6) is 1.27. The minimum Gasteiger partial charge on any atom is -0.466 e. The Morgan fingerprint density at radius 1 is 1.12 bits per heavy atom. The molecule has 0 amide bonds. The predicted molar refractivity (Wildman–Crippen MR) is 65.3 cm³/mol. The summed E-state index contributed by atoms with van der Waals surface area (Å²) in [5, 5.41) is 0. The highest BCUT2D eigenvalue weighted by Gasteiger charge is 2.18. The largest absolute Gasteiger partial charge is 0.466 e. The smallest absolute Gasteiger partial charge is 0.128 e. The fourth-order valence-corrected chi connectivity index (χ4v) is 2.01. The molecule has 1 atom stereocenters. The zero-order valence-electron chi connectivity index (χ0n) is 10.3. The molecule has 0 aliphatic rings. The summed E-state index contributed by atoms with van der Waals surface area (Å²) in [5.41, 5.74) is 8.31. The van der Waals surface area contributed by atoms with Gasteiger partial charge in [-0.1, -0.05) is 12.1 Å². The van der Waals surface area contributed by atoms with E-state index in [1.54, 1.807) is 6.07 Å². The Morgan fingerprint density at radius 3 is 2.35 bits per heavy atom. The Bertz CT molecular complexity index is 545. The van der Waals surface area contributed by atoms with Crippen molar-refractivity contribution >= 4 is 0 Å². The van der Waals surface area contributed by atoms with Gasteiger partial charge in [0.1, 0.15) is 17.3 Å². The highest BCUT2D eigenvalue weighted by molar-refractivity contribution is 5.36. The minimum atomic E-state index is -0.479. The SMILES string of the molecule is Cc1ccc(C(N)c2cc(C)oc2C)c(F)c1. The molecule has 3 heteroatoms. The average Bonchev–Trinajstić information content (AvgIpc) is 2.57. The van der Waals surface area contributed by atoms with Crippen molar-refractivity contribution in [1.82, 2.24) is 0 Å². The van der Waals surface area contributed by atoms with Gasteiger partial charge in [-0.3, -0.25) is 0 Å². The third-order valence-electron chi connectivity index (χ3n) is 2.91. The first kappa shape index (κ1) is 11.9. The first-order valence-corrected chi connectivity index (χ1v) is 5.57. The Hall–Kier alpha value is -1.61. The van der Waals surface area contributed by atoms with E-state index in [-0.39, 0.29) is 5.82 Å². The molecule has 0 aliphatic heterocycles. The van der Waals surface area contributed by atoms with Gasteiger partial charge in [-0.15, -0.1) is 0 Å². The zero-order valence-corrected chi connectivity index (χ0v) is 10.3. The molecular formula is C14H16FNO. The molecule has 17 heavy (non-hydrogen) atoms. The maximum absolute atomic E-state index is 13.8.